The lowest BCUT2D eigenvalue weighted by atomic mass is 10.0. The summed E-state index contributed by atoms with van der Waals surface area (Å²) < 4.78 is 21.7. The monoisotopic (exact) mass is 454 g/mol. The molecule has 2 amide bonds. The van der Waals surface area contributed by atoms with Crippen LogP contribution in [-0.2, 0) is 14.3 Å². The maximum Gasteiger partial charge on any atom is 0.278 e. The molecule has 1 N–H and O–H groups in total. The second kappa shape index (κ2) is 10.4. The number of ether oxygens (including phenoxy) is 4. The minimum Gasteiger partial charge on any atom is -0.495 e. The number of anilines is 1. The van der Waals surface area contributed by atoms with E-state index in [1.165, 1.54) is 19.1 Å². The van der Waals surface area contributed by atoms with E-state index in [1.807, 2.05) is 39.0 Å². The molecular formula is C25H30N2O6. The van der Waals surface area contributed by atoms with E-state index in [-0.39, 0.29) is 30.5 Å². The summed E-state index contributed by atoms with van der Waals surface area (Å²) in [6, 6.07) is 10.7. The number of hydrogen-bond acceptors (Lipinski definition) is 7. The minimum absolute atomic E-state index is 0.00904. The van der Waals surface area contributed by atoms with Crippen molar-refractivity contribution in [2.24, 2.45) is 0 Å². The van der Waals surface area contributed by atoms with Gasteiger partial charge in [-0.1, -0.05) is 12.1 Å². The molecule has 0 aliphatic carbocycles. The number of imide groups is 1. The van der Waals surface area contributed by atoms with E-state index >= 15 is 0 Å². The van der Waals surface area contributed by atoms with Crippen LogP contribution in [0.25, 0.3) is 5.57 Å². The highest BCUT2D eigenvalue weighted by molar-refractivity contribution is 6.36. The molecule has 0 spiro atoms. The van der Waals surface area contributed by atoms with Crippen molar-refractivity contribution in [3.05, 3.63) is 53.2 Å². The first-order valence-corrected chi connectivity index (χ1v) is 10.7. The molecule has 0 aromatic heterocycles. The molecule has 0 saturated heterocycles. The summed E-state index contributed by atoms with van der Waals surface area (Å²) in [5.74, 6) is 0.698. The van der Waals surface area contributed by atoms with Crippen molar-refractivity contribution >= 4 is 23.1 Å². The number of carbonyl (C=O) groups excluding carboxylic acids is 2. The summed E-state index contributed by atoms with van der Waals surface area (Å²) in [5, 5.41) is 3.15. The lowest BCUT2D eigenvalue weighted by Crippen LogP contribution is -2.35. The van der Waals surface area contributed by atoms with E-state index in [1.54, 1.807) is 25.3 Å². The molecule has 0 radical (unpaired) electrons. The molecule has 3 rings (SSSR count). The minimum atomic E-state index is -0.430. The third kappa shape index (κ3) is 5.12. The van der Waals surface area contributed by atoms with E-state index in [4.69, 9.17) is 18.9 Å². The van der Waals surface area contributed by atoms with E-state index < -0.39 is 11.8 Å². The van der Waals surface area contributed by atoms with Gasteiger partial charge >= 0.3 is 0 Å². The lowest BCUT2D eigenvalue weighted by Gasteiger charge is -2.17. The molecule has 1 aliphatic heterocycles. The Balaban J connectivity index is 2.08. The maximum atomic E-state index is 13.4. The zero-order chi connectivity index (χ0) is 24.1. The smallest absolute Gasteiger partial charge is 0.278 e. The third-order valence-electron chi connectivity index (χ3n) is 5.22. The fraction of sp³-hybridized carbons (Fsp3) is 0.360. The summed E-state index contributed by atoms with van der Waals surface area (Å²) >= 11 is 0. The van der Waals surface area contributed by atoms with Crippen molar-refractivity contribution in [3.8, 4) is 17.2 Å². The molecule has 0 bridgehead atoms. The fourth-order valence-electron chi connectivity index (χ4n) is 3.59. The van der Waals surface area contributed by atoms with Crippen molar-refractivity contribution in [1.82, 2.24) is 4.90 Å². The number of nitrogens with zero attached hydrogens (tertiary/aromatic N) is 1. The molecule has 0 fully saturated rings. The Morgan fingerprint density at radius 1 is 0.879 bits per heavy atom. The largest absolute Gasteiger partial charge is 0.495 e. The van der Waals surface area contributed by atoms with Crippen LogP contribution in [0.15, 0.2) is 42.1 Å². The second-order valence-electron chi connectivity index (χ2n) is 7.83. The molecule has 1 heterocycles. The van der Waals surface area contributed by atoms with Crippen LogP contribution in [0.4, 0.5) is 5.69 Å². The lowest BCUT2D eigenvalue weighted by molar-refractivity contribution is -0.137. The van der Waals surface area contributed by atoms with E-state index in [9.17, 15) is 9.59 Å². The topological polar surface area (TPSA) is 86.3 Å². The Hall–Kier alpha value is -3.52. The Kier molecular flexibility index (Phi) is 7.60. The maximum absolute atomic E-state index is 13.4. The van der Waals surface area contributed by atoms with E-state index in [2.05, 4.69) is 5.32 Å². The molecule has 0 unspecified atom stereocenters. The molecule has 0 saturated carbocycles. The third-order valence-corrected chi connectivity index (χ3v) is 5.22. The predicted octanol–water partition coefficient (Wildman–Crippen LogP) is 3.64. The van der Waals surface area contributed by atoms with E-state index in [0.717, 1.165) is 5.56 Å². The molecule has 2 aromatic carbocycles. The van der Waals surface area contributed by atoms with Crippen LogP contribution < -0.4 is 19.5 Å². The molecular weight excluding hydrogens is 424 g/mol. The van der Waals surface area contributed by atoms with Crippen molar-refractivity contribution in [1.29, 1.82) is 0 Å². The molecule has 0 atom stereocenters. The number of methoxy groups -OCH3 is 3. The molecule has 1 aliphatic rings. The van der Waals surface area contributed by atoms with Gasteiger partial charge in [0.15, 0.2) is 11.5 Å². The normalized spacial score (nSPS) is 13.7. The van der Waals surface area contributed by atoms with Gasteiger partial charge in [0.1, 0.15) is 11.4 Å². The van der Waals surface area contributed by atoms with Crippen LogP contribution in [0.1, 0.15) is 25.0 Å². The Morgan fingerprint density at radius 2 is 1.55 bits per heavy atom. The first kappa shape index (κ1) is 24.1. The number of hydrogen-bond donors (Lipinski definition) is 1. The van der Waals surface area contributed by atoms with Crippen LogP contribution in [0.5, 0.6) is 17.2 Å². The van der Waals surface area contributed by atoms with Crippen molar-refractivity contribution in [2.75, 3.05) is 39.8 Å². The summed E-state index contributed by atoms with van der Waals surface area (Å²) in [5.41, 5.74) is 2.51. The van der Waals surface area contributed by atoms with Gasteiger partial charge in [0.25, 0.3) is 11.8 Å². The zero-order valence-corrected chi connectivity index (χ0v) is 19.9. The molecule has 176 valence electrons. The van der Waals surface area contributed by atoms with Gasteiger partial charge in [-0.05, 0) is 56.2 Å². The number of carbonyl (C=O) groups is 2. The summed E-state index contributed by atoms with van der Waals surface area (Å²) in [6.45, 7) is 6.12. The van der Waals surface area contributed by atoms with E-state index in [0.29, 0.717) is 28.5 Å². The standard InChI is InChI=1S/C25H30N2O6/c1-15(2)33-12-11-27-24(28)22(17-8-10-20(31-5)21(14-17)32-6)23(25(27)29)26-18-13-16(3)7-9-19(18)30-4/h7-10,13-15,26H,11-12H2,1-6H3. The number of rotatable bonds is 10. The highest BCUT2D eigenvalue weighted by Gasteiger charge is 2.39. The molecule has 8 nitrogen and oxygen atoms in total. The molecule has 2 aromatic rings. The number of nitrogens with one attached hydrogen (secondary N) is 1. The number of amides is 2. The fourth-order valence-corrected chi connectivity index (χ4v) is 3.59. The van der Waals surface area contributed by atoms with Gasteiger partial charge < -0.3 is 24.3 Å². The number of benzene rings is 2. The molecule has 8 heteroatoms. The Labute approximate surface area is 194 Å². The van der Waals surface area contributed by atoms with Crippen molar-refractivity contribution in [2.45, 2.75) is 26.9 Å². The zero-order valence-electron chi connectivity index (χ0n) is 19.9. The quantitative estimate of drug-likeness (QED) is 0.549. The van der Waals surface area contributed by atoms with Gasteiger partial charge in [0.05, 0.1) is 51.8 Å². The number of aryl methyl sites for hydroxylation is 1. The van der Waals surface area contributed by atoms with Crippen molar-refractivity contribution < 1.29 is 28.5 Å². The Bertz CT molecular complexity index is 1080. The van der Waals surface area contributed by atoms with Gasteiger partial charge in [0.2, 0.25) is 0 Å². The highest BCUT2D eigenvalue weighted by Crippen LogP contribution is 2.37. The van der Waals surface area contributed by atoms with Crippen LogP contribution >= 0.6 is 0 Å². The summed E-state index contributed by atoms with van der Waals surface area (Å²) in [4.78, 5) is 28.0. The van der Waals surface area contributed by atoms with Gasteiger partial charge in [-0.2, -0.15) is 0 Å². The second-order valence-corrected chi connectivity index (χ2v) is 7.83. The summed E-state index contributed by atoms with van der Waals surface area (Å²) in [7, 11) is 4.61. The first-order chi connectivity index (χ1) is 15.8. The Morgan fingerprint density at radius 3 is 2.18 bits per heavy atom. The van der Waals surface area contributed by atoms with Crippen LogP contribution in [-0.4, -0.2) is 57.3 Å². The van der Waals surface area contributed by atoms with Crippen LogP contribution in [0, 0.1) is 6.92 Å². The van der Waals surface area contributed by atoms with Crippen LogP contribution in [0.3, 0.4) is 0 Å². The summed E-state index contributed by atoms with van der Waals surface area (Å²) in [6.07, 6.45) is -0.00904. The van der Waals surface area contributed by atoms with Gasteiger partial charge in [-0.25, -0.2) is 0 Å². The van der Waals surface area contributed by atoms with Crippen LogP contribution in [0.2, 0.25) is 0 Å². The average molecular weight is 455 g/mol. The predicted molar refractivity (Wildman–Crippen MR) is 126 cm³/mol. The molecule has 33 heavy (non-hydrogen) atoms. The highest BCUT2D eigenvalue weighted by atomic mass is 16.5. The van der Waals surface area contributed by atoms with Crippen molar-refractivity contribution in [3.63, 3.8) is 0 Å². The average Bonchev–Trinajstić information content (AvgIpc) is 3.02. The van der Waals surface area contributed by atoms with Gasteiger partial charge in [-0.3, -0.25) is 14.5 Å². The van der Waals surface area contributed by atoms with Gasteiger partial charge in [0, 0.05) is 0 Å². The van der Waals surface area contributed by atoms with Gasteiger partial charge in [-0.15, -0.1) is 0 Å². The SMILES string of the molecule is COc1ccc(C)cc1NC1=C(c2ccc(OC)c(OC)c2)C(=O)N(CCOC(C)C)C1=O. The first-order valence-electron chi connectivity index (χ1n) is 10.7.